The van der Waals surface area contributed by atoms with Crippen LogP contribution in [0.2, 0.25) is 0 Å². The number of rotatable bonds is 5. The summed E-state index contributed by atoms with van der Waals surface area (Å²) in [4.78, 5) is 11.7. The molecular formula is C20H22N4O2S. The zero-order valence-corrected chi connectivity index (χ0v) is 15.8. The molecule has 7 heteroatoms. The largest absolute Gasteiger partial charge is 0.591 e. The molecule has 0 saturated carbocycles. The number of nitrogens with zero attached hydrogens (tertiary/aromatic N) is 3. The number of fused-ring (bicyclic) bond motifs is 1. The summed E-state index contributed by atoms with van der Waals surface area (Å²) in [7, 11) is 0. The van der Waals surface area contributed by atoms with Crippen molar-refractivity contribution in [1.82, 2.24) is 9.97 Å². The highest BCUT2D eigenvalue weighted by molar-refractivity contribution is 7.92. The number of nitrogens with one attached hydrogen (secondary N) is 1. The molecule has 3 aromatic rings. The standard InChI is InChI=1S/C20H22N4O2S/c25-14-27(26)23-17-6-4-5-15(11-17)16-7-8-18-19(12-16)22-20(13-21-18)24-9-2-1-3-10-24/h4-8,11-13,23,25H,1-3,9-10,14H2. The number of aliphatic hydroxyl groups excluding tert-OH is 1. The van der Waals surface area contributed by atoms with E-state index in [0.29, 0.717) is 5.69 Å². The molecule has 1 unspecified atom stereocenters. The molecule has 0 aliphatic carbocycles. The molecular weight excluding hydrogens is 360 g/mol. The first-order valence-corrected chi connectivity index (χ1v) is 10.4. The van der Waals surface area contributed by atoms with Crippen molar-refractivity contribution in [2.24, 2.45) is 0 Å². The second-order valence-electron chi connectivity index (χ2n) is 6.64. The van der Waals surface area contributed by atoms with Crippen molar-refractivity contribution in [3.8, 4) is 11.1 Å². The van der Waals surface area contributed by atoms with Crippen LogP contribution in [0.1, 0.15) is 19.3 Å². The lowest BCUT2D eigenvalue weighted by molar-refractivity contribution is 0.360. The van der Waals surface area contributed by atoms with Crippen molar-refractivity contribution in [3.63, 3.8) is 0 Å². The Bertz CT molecular complexity index is 931. The van der Waals surface area contributed by atoms with E-state index in [1.165, 1.54) is 19.3 Å². The molecule has 2 N–H and O–H groups in total. The monoisotopic (exact) mass is 382 g/mol. The smallest absolute Gasteiger partial charge is 0.228 e. The van der Waals surface area contributed by atoms with E-state index in [2.05, 4.69) is 14.6 Å². The quantitative estimate of drug-likeness (QED) is 0.659. The molecule has 27 heavy (non-hydrogen) atoms. The van der Waals surface area contributed by atoms with Gasteiger partial charge in [-0.15, -0.1) is 0 Å². The molecule has 2 heterocycles. The van der Waals surface area contributed by atoms with Gasteiger partial charge in [0.25, 0.3) is 0 Å². The minimum absolute atomic E-state index is 0.422. The molecule has 0 bridgehead atoms. The van der Waals surface area contributed by atoms with Gasteiger partial charge in [0.2, 0.25) is 5.94 Å². The highest BCUT2D eigenvalue weighted by atomic mass is 32.2. The van der Waals surface area contributed by atoms with E-state index >= 15 is 0 Å². The Balaban J connectivity index is 1.65. The van der Waals surface area contributed by atoms with Crippen molar-refractivity contribution in [1.29, 1.82) is 0 Å². The highest BCUT2D eigenvalue weighted by Gasteiger charge is 2.13. The van der Waals surface area contributed by atoms with Gasteiger partial charge in [-0.2, -0.15) is 0 Å². The van der Waals surface area contributed by atoms with E-state index in [0.717, 1.165) is 41.1 Å². The van der Waals surface area contributed by atoms with Crippen molar-refractivity contribution < 1.29 is 9.66 Å². The number of aliphatic hydroxyl groups is 1. The maximum absolute atomic E-state index is 11.5. The first kappa shape index (κ1) is 18.0. The van der Waals surface area contributed by atoms with Crippen LogP contribution in [0.15, 0.2) is 48.7 Å². The Morgan fingerprint density at radius 2 is 1.85 bits per heavy atom. The molecule has 4 rings (SSSR count). The van der Waals surface area contributed by atoms with Crippen LogP contribution >= 0.6 is 0 Å². The predicted molar refractivity (Wildman–Crippen MR) is 110 cm³/mol. The minimum Gasteiger partial charge on any atom is -0.591 e. The van der Waals surface area contributed by atoms with Crippen LogP contribution < -0.4 is 9.62 Å². The second kappa shape index (κ2) is 8.12. The van der Waals surface area contributed by atoms with E-state index in [4.69, 9.17) is 10.1 Å². The molecule has 0 radical (unpaired) electrons. The van der Waals surface area contributed by atoms with Crippen LogP contribution in [0, 0.1) is 0 Å². The summed E-state index contributed by atoms with van der Waals surface area (Å²) in [6.45, 7) is 2.07. The Labute approximate surface area is 161 Å². The fraction of sp³-hybridized carbons (Fsp3) is 0.300. The molecule has 1 aliphatic rings. The summed E-state index contributed by atoms with van der Waals surface area (Å²) in [5.41, 5.74) is 4.45. The lowest BCUT2D eigenvalue weighted by Crippen LogP contribution is -2.30. The zero-order chi connectivity index (χ0) is 18.6. The number of piperidine rings is 1. The number of hydrogen-bond acceptors (Lipinski definition) is 6. The van der Waals surface area contributed by atoms with Crippen molar-refractivity contribution in [3.05, 3.63) is 48.7 Å². The van der Waals surface area contributed by atoms with E-state index in [1.54, 1.807) is 0 Å². The Kier molecular flexibility index (Phi) is 5.42. The molecule has 1 atom stereocenters. The first-order valence-electron chi connectivity index (χ1n) is 9.11. The van der Waals surface area contributed by atoms with Gasteiger partial charge in [0.05, 0.1) is 34.3 Å². The second-order valence-corrected chi connectivity index (χ2v) is 7.79. The fourth-order valence-corrected chi connectivity index (χ4v) is 3.84. The van der Waals surface area contributed by atoms with Crippen molar-refractivity contribution in [2.45, 2.75) is 19.3 Å². The third-order valence-electron chi connectivity index (χ3n) is 4.75. The number of benzene rings is 2. The van der Waals surface area contributed by atoms with Crippen LogP contribution in [0.4, 0.5) is 11.5 Å². The van der Waals surface area contributed by atoms with Gasteiger partial charge in [-0.05, 0) is 54.7 Å². The fourth-order valence-electron chi connectivity index (χ4n) is 3.38. The van der Waals surface area contributed by atoms with Gasteiger partial charge < -0.3 is 14.6 Å². The van der Waals surface area contributed by atoms with Crippen LogP contribution in [0.3, 0.4) is 0 Å². The average Bonchev–Trinajstić information content (AvgIpc) is 2.73. The van der Waals surface area contributed by atoms with Crippen LogP contribution in [0.25, 0.3) is 22.2 Å². The molecule has 1 aromatic heterocycles. The predicted octanol–water partition coefficient (Wildman–Crippen LogP) is 3.31. The maximum Gasteiger partial charge on any atom is 0.228 e. The average molecular weight is 382 g/mol. The number of aromatic nitrogens is 2. The summed E-state index contributed by atoms with van der Waals surface area (Å²) in [6, 6.07) is 13.7. The topological polar surface area (TPSA) is 84.3 Å². The molecule has 0 spiro atoms. The van der Waals surface area contributed by atoms with Crippen molar-refractivity contribution in [2.75, 3.05) is 28.7 Å². The van der Waals surface area contributed by atoms with Gasteiger partial charge >= 0.3 is 0 Å². The van der Waals surface area contributed by atoms with Gasteiger partial charge in [-0.25, -0.2) is 9.71 Å². The van der Waals surface area contributed by atoms with E-state index in [-0.39, 0.29) is 0 Å². The lowest BCUT2D eigenvalue weighted by Gasteiger charge is -2.27. The zero-order valence-electron chi connectivity index (χ0n) is 15.0. The Morgan fingerprint density at radius 1 is 1.04 bits per heavy atom. The molecule has 1 aliphatic heterocycles. The number of anilines is 2. The van der Waals surface area contributed by atoms with E-state index < -0.39 is 17.3 Å². The molecule has 140 valence electrons. The van der Waals surface area contributed by atoms with E-state index in [1.807, 2.05) is 48.7 Å². The van der Waals surface area contributed by atoms with Gasteiger partial charge in [-0.1, -0.05) is 18.2 Å². The summed E-state index contributed by atoms with van der Waals surface area (Å²) in [5, 5.41) is 8.95. The van der Waals surface area contributed by atoms with Crippen LogP contribution in [-0.2, 0) is 11.4 Å². The third-order valence-corrected chi connectivity index (χ3v) is 5.45. The minimum atomic E-state index is -1.49. The van der Waals surface area contributed by atoms with Gasteiger partial charge in [-0.3, -0.25) is 4.98 Å². The number of hydrogen-bond donors (Lipinski definition) is 2. The highest BCUT2D eigenvalue weighted by Crippen LogP contribution is 2.27. The molecule has 2 aromatic carbocycles. The van der Waals surface area contributed by atoms with Crippen molar-refractivity contribution >= 4 is 33.9 Å². The summed E-state index contributed by atoms with van der Waals surface area (Å²) >= 11 is -1.49. The van der Waals surface area contributed by atoms with Crippen LogP contribution in [-0.4, -0.2) is 38.7 Å². The summed E-state index contributed by atoms with van der Waals surface area (Å²) < 4.78 is 14.3. The van der Waals surface area contributed by atoms with Gasteiger partial charge in [0.15, 0.2) is 0 Å². The van der Waals surface area contributed by atoms with E-state index in [9.17, 15) is 4.55 Å². The van der Waals surface area contributed by atoms with Crippen LogP contribution in [0.5, 0.6) is 0 Å². The molecule has 1 fully saturated rings. The Hall–Kier alpha value is -2.35. The normalized spacial score (nSPS) is 15.7. The Morgan fingerprint density at radius 3 is 2.67 bits per heavy atom. The lowest BCUT2D eigenvalue weighted by atomic mass is 10.0. The maximum atomic E-state index is 11.5. The SMILES string of the molecule is [O-][S+](CO)Nc1cccc(-c2ccc3ncc(N4CCCCC4)nc3c2)c1. The third kappa shape index (κ3) is 4.16. The molecule has 0 amide bonds. The first-order chi connectivity index (χ1) is 13.2. The molecule has 1 saturated heterocycles. The summed E-state index contributed by atoms with van der Waals surface area (Å²) in [5.74, 6) is 0.517. The summed E-state index contributed by atoms with van der Waals surface area (Å²) in [6.07, 6.45) is 5.55. The van der Waals surface area contributed by atoms with Gasteiger partial charge in [0, 0.05) is 13.1 Å². The molecule has 6 nitrogen and oxygen atoms in total. The van der Waals surface area contributed by atoms with Gasteiger partial charge in [0.1, 0.15) is 5.82 Å².